The van der Waals surface area contributed by atoms with E-state index in [0.717, 1.165) is 23.1 Å². The first kappa shape index (κ1) is 19.8. The molecule has 1 aromatic carbocycles. The van der Waals surface area contributed by atoms with Crippen LogP contribution in [0.5, 0.6) is 11.5 Å². The van der Waals surface area contributed by atoms with E-state index < -0.39 is 6.10 Å². The number of thioether (sulfide) groups is 1. The van der Waals surface area contributed by atoms with Crippen LogP contribution < -0.4 is 9.47 Å². The van der Waals surface area contributed by atoms with Crippen molar-refractivity contribution in [2.24, 2.45) is 0 Å². The molecule has 27 heavy (non-hydrogen) atoms. The van der Waals surface area contributed by atoms with E-state index in [1.807, 2.05) is 37.3 Å². The predicted molar refractivity (Wildman–Crippen MR) is 108 cm³/mol. The Hall–Kier alpha value is -1.99. The van der Waals surface area contributed by atoms with Gasteiger partial charge in [0.2, 0.25) is 0 Å². The second kappa shape index (κ2) is 9.28. The van der Waals surface area contributed by atoms with Crippen molar-refractivity contribution >= 4 is 17.8 Å². The average Bonchev–Trinajstić information content (AvgIpc) is 3.45. The van der Waals surface area contributed by atoms with Crippen molar-refractivity contribution in [1.82, 2.24) is 14.8 Å². The number of nitrogens with zero attached hydrogens (tertiary/aromatic N) is 3. The monoisotopic (exact) mass is 389 g/mol. The number of aromatic nitrogens is 3. The van der Waals surface area contributed by atoms with Gasteiger partial charge in [0, 0.05) is 18.2 Å². The highest BCUT2D eigenvalue weighted by Crippen LogP contribution is 2.40. The van der Waals surface area contributed by atoms with Crippen LogP contribution in [-0.4, -0.2) is 45.4 Å². The molecule has 1 atom stereocenters. The highest BCUT2D eigenvalue weighted by Gasteiger charge is 2.30. The van der Waals surface area contributed by atoms with Crippen molar-refractivity contribution in [2.75, 3.05) is 19.5 Å². The molecule has 1 heterocycles. The van der Waals surface area contributed by atoms with Gasteiger partial charge >= 0.3 is 0 Å². The van der Waals surface area contributed by atoms with Gasteiger partial charge in [0.15, 0.2) is 16.7 Å². The van der Waals surface area contributed by atoms with E-state index in [4.69, 9.17) is 9.47 Å². The van der Waals surface area contributed by atoms with Gasteiger partial charge in [-0.25, -0.2) is 0 Å². The lowest BCUT2D eigenvalue weighted by molar-refractivity contribution is 0.124. The Morgan fingerprint density at radius 3 is 2.81 bits per heavy atom. The van der Waals surface area contributed by atoms with Crippen LogP contribution >= 0.6 is 11.8 Å². The summed E-state index contributed by atoms with van der Waals surface area (Å²) in [7, 11) is 1.61. The Bertz CT molecular complexity index is 787. The summed E-state index contributed by atoms with van der Waals surface area (Å²) in [4.78, 5) is 0. The summed E-state index contributed by atoms with van der Waals surface area (Å²) in [5.41, 5.74) is 1.04. The molecule has 0 amide bonds. The molecule has 1 unspecified atom stereocenters. The minimum atomic E-state index is -0.610. The van der Waals surface area contributed by atoms with E-state index in [0.29, 0.717) is 23.2 Å². The van der Waals surface area contributed by atoms with Crippen molar-refractivity contribution in [3.63, 3.8) is 0 Å². The number of aliphatic hydroxyl groups excluding tert-OH is 1. The molecule has 0 saturated heterocycles. The van der Waals surface area contributed by atoms with Crippen LogP contribution in [0.15, 0.2) is 29.4 Å². The summed E-state index contributed by atoms with van der Waals surface area (Å²) >= 11 is 1.52. The zero-order valence-electron chi connectivity index (χ0n) is 16.1. The van der Waals surface area contributed by atoms with E-state index in [9.17, 15) is 5.11 Å². The molecule has 2 aromatic rings. The highest BCUT2D eigenvalue weighted by molar-refractivity contribution is 7.99. The number of hydrogen-bond donors (Lipinski definition) is 1. The third kappa shape index (κ3) is 5.05. The minimum absolute atomic E-state index is 0.196. The van der Waals surface area contributed by atoms with Gasteiger partial charge in [-0.1, -0.05) is 30.0 Å². The molecule has 7 heteroatoms. The van der Waals surface area contributed by atoms with Gasteiger partial charge in [0.25, 0.3) is 0 Å². The predicted octanol–water partition coefficient (Wildman–Crippen LogP) is 3.75. The molecule has 146 valence electrons. The topological polar surface area (TPSA) is 69.4 Å². The number of benzene rings is 1. The van der Waals surface area contributed by atoms with Crippen LogP contribution in [0.1, 0.15) is 44.0 Å². The molecule has 0 aliphatic heterocycles. The first-order valence-electron chi connectivity index (χ1n) is 9.33. The van der Waals surface area contributed by atoms with Crippen LogP contribution in [0.25, 0.3) is 6.08 Å². The van der Waals surface area contributed by atoms with Crippen LogP contribution in [0, 0.1) is 0 Å². The van der Waals surface area contributed by atoms with Crippen LogP contribution in [0.3, 0.4) is 0 Å². The number of methoxy groups -OCH3 is 1. The number of rotatable bonds is 10. The van der Waals surface area contributed by atoms with E-state index in [1.54, 1.807) is 7.11 Å². The molecule has 1 fully saturated rings. The molecule has 6 nitrogen and oxygen atoms in total. The van der Waals surface area contributed by atoms with Gasteiger partial charge in [-0.15, -0.1) is 10.2 Å². The largest absolute Gasteiger partial charge is 0.493 e. The molecule has 1 aromatic heterocycles. The first-order chi connectivity index (χ1) is 13.2. The maximum atomic E-state index is 10.3. The Morgan fingerprint density at radius 1 is 1.33 bits per heavy atom. The summed E-state index contributed by atoms with van der Waals surface area (Å²) < 4.78 is 13.3. The molecule has 1 saturated carbocycles. The molecule has 1 N–H and O–H groups in total. The lowest BCUT2D eigenvalue weighted by Crippen LogP contribution is -2.20. The number of hydrogen-bond acceptors (Lipinski definition) is 6. The lowest BCUT2D eigenvalue weighted by Gasteiger charge is -2.15. The van der Waals surface area contributed by atoms with Crippen LogP contribution in [0.2, 0.25) is 0 Å². The van der Waals surface area contributed by atoms with E-state index in [-0.39, 0.29) is 6.61 Å². The Labute approximate surface area is 164 Å². The molecular weight excluding hydrogens is 362 g/mol. The zero-order chi connectivity index (χ0) is 19.2. The fourth-order valence-corrected chi connectivity index (χ4v) is 3.77. The van der Waals surface area contributed by atoms with Crippen molar-refractivity contribution in [3.8, 4) is 11.5 Å². The Kier molecular flexibility index (Phi) is 6.79. The van der Waals surface area contributed by atoms with Gasteiger partial charge in [-0.2, -0.15) is 0 Å². The maximum Gasteiger partial charge on any atom is 0.191 e. The standard InChI is InChI=1S/C20H27N3O3S/c1-4-6-14-7-10-17(18(11-14)25-3)26-12-16(24)13-27-20-22-21-19(15-8-9-15)23(20)5-2/h4,6-7,10-11,15-16,24H,5,8-9,12-13H2,1-3H3/b6-4+. The van der Waals surface area contributed by atoms with E-state index in [1.165, 1.54) is 24.6 Å². The fourth-order valence-electron chi connectivity index (χ4n) is 2.85. The molecule has 3 rings (SSSR count). The summed E-state index contributed by atoms with van der Waals surface area (Å²) in [6.45, 7) is 5.12. The second-order valence-corrected chi connectivity index (χ2v) is 7.53. The van der Waals surface area contributed by atoms with Crippen LogP contribution in [-0.2, 0) is 6.54 Å². The van der Waals surface area contributed by atoms with Gasteiger partial charge in [-0.05, 0) is 44.4 Å². The summed E-state index contributed by atoms with van der Waals surface area (Å²) in [6, 6.07) is 5.74. The maximum absolute atomic E-state index is 10.3. The smallest absolute Gasteiger partial charge is 0.191 e. The fraction of sp³-hybridized carbons (Fsp3) is 0.500. The number of aliphatic hydroxyl groups is 1. The first-order valence-corrected chi connectivity index (χ1v) is 10.3. The summed E-state index contributed by atoms with van der Waals surface area (Å²) in [5.74, 6) is 3.43. The Morgan fingerprint density at radius 2 is 2.15 bits per heavy atom. The van der Waals surface area contributed by atoms with Crippen molar-refractivity contribution < 1.29 is 14.6 Å². The lowest BCUT2D eigenvalue weighted by atomic mass is 10.2. The van der Waals surface area contributed by atoms with Crippen LogP contribution in [0.4, 0.5) is 0 Å². The van der Waals surface area contributed by atoms with E-state index in [2.05, 4.69) is 21.7 Å². The highest BCUT2D eigenvalue weighted by atomic mass is 32.2. The molecule has 0 spiro atoms. The Balaban J connectivity index is 1.53. The minimum Gasteiger partial charge on any atom is -0.493 e. The quantitative estimate of drug-likeness (QED) is 0.624. The number of allylic oxidation sites excluding steroid dienone is 1. The molecule has 1 aliphatic rings. The van der Waals surface area contributed by atoms with Gasteiger partial charge in [0.05, 0.1) is 13.2 Å². The normalized spacial score (nSPS) is 15.3. The van der Waals surface area contributed by atoms with Crippen molar-refractivity contribution in [3.05, 3.63) is 35.7 Å². The number of ether oxygens (including phenoxy) is 2. The molecular formula is C20H27N3O3S. The average molecular weight is 390 g/mol. The third-order valence-electron chi connectivity index (χ3n) is 4.39. The van der Waals surface area contributed by atoms with E-state index >= 15 is 0 Å². The third-order valence-corrected chi connectivity index (χ3v) is 5.50. The van der Waals surface area contributed by atoms with Gasteiger partial charge < -0.3 is 19.1 Å². The SMILES string of the molecule is C/C=C/c1ccc(OCC(O)CSc2nnc(C3CC3)n2CC)c(OC)c1. The molecule has 0 radical (unpaired) electrons. The van der Waals surface area contributed by atoms with Crippen molar-refractivity contribution in [1.29, 1.82) is 0 Å². The van der Waals surface area contributed by atoms with Gasteiger partial charge in [0.1, 0.15) is 12.4 Å². The molecule has 0 bridgehead atoms. The van der Waals surface area contributed by atoms with Crippen molar-refractivity contribution in [2.45, 2.75) is 50.4 Å². The zero-order valence-corrected chi connectivity index (χ0v) is 16.9. The molecule has 1 aliphatic carbocycles. The second-order valence-electron chi connectivity index (χ2n) is 6.55. The summed E-state index contributed by atoms with van der Waals surface area (Å²) in [5, 5.41) is 19.8. The summed E-state index contributed by atoms with van der Waals surface area (Å²) in [6.07, 6.45) is 5.76. The van der Waals surface area contributed by atoms with Gasteiger partial charge in [-0.3, -0.25) is 0 Å².